The third kappa shape index (κ3) is 3.22. The number of nitrogen functional groups attached to an aromatic ring is 1. The fraction of sp³-hybridized carbons (Fsp3) is 0.571. The van der Waals surface area contributed by atoms with Crippen molar-refractivity contribution < 1.29 is 4.79 Å². The maximum atomic E-state index is 12.3. The van der Waals surface area contributed by atoms with Gasteiger partial charge in [0.05, 0.1) is 10.6 Å². The van der Waals surface area contributed by atoms with E-state index in [0.29, 0.717) is 16.4 Å². The molecule has 1 aromatic rings. The van der Waals surface area contributed by atoms with E-state index in [0.717, 1.165) is 19.3 Å². The minimum atomic E-state index is -0.136. The minimum absolute atomic E-state index is 0.129. The van der Waals surface area contributed by atoms with E-state index in [2.05, 4.69) is 29.6 Å². The van der Waals surface area contributed by atoms with Crippen LogP contribution in [0.5, 0.6) is 0 Å². The number of carbonyl (C=O) groups excluding carboxylic acids is 1. The molecule has 0 aliphatic heterocycles. The Morgan fingerprint density at radius 2 is 2.25 bits per heavy atom. The van der Waals surface area contributed by atoms with Gasteiger partial charge in [0.1, 0.15) is 0 Å². The number of halogens is 1. The van der Waals surface area contributed by atoms with Gasteiger partial charge in [-0.2, -0.15) is 0 Å². The van der Waals surface area contributed by atoms with Crippen LogP contribution >= 0.6 is 11.6 Å². The van der Waals surface area contributed by atoms with Crippen LogP contribution in [-0.4, -0.2) is 16.9 Å². The molecule has 1 aliphatic rings. The molecule has 0 saturated heterocycles. The van der Waals surface area contributed by atoms with Crippen LogP contribution < -0.4 is 16.6 Å². The molecular formula is C14H21ClN4O. The van der Waals surface area contributed by atoms with E-state index >= 15 is 0 Å². The summed E-state index contributed by atoms with van der Waals surface area (Å²) in [5.74, 6) is 5.49. The first-order valence-corrected chi connectivity index (χ1v) is 7.25. The molecule has 1 amide bonds. The fourth-order valence-corrected chi connectivity index (χ4v) is 2.89. The van der Waals surface area contributed by atoms with Crippen molar-refractivity contribution in [3.05, 3.63) is 22.8 Å². The summed E-state index contributed by atoms with van der Waals surface area (Å²) in [5, 5.41) is 3.44. The summed E-state index contributed by atoms with van der Waals surface area (Å²) in [4.78, 5) is 16.3. The fourth-order valence-electron chi connectivity index (χ4n) is 2.67. The van der Waals surface area contributed by atoms with Crippen molar-refractivity contribution >= 4 is 23.3 Å². The Labute approximate surface area is 124 Å². The number of nitrogens with two attached hydrogens (primary N) is 1. The lowest BCUT2D eigenvalue weighted by atomic mass is 9.73. The average Bonchev–Trinajstić information content (AvgIpc) is 2.41. The molecule has 0 bridgehead atoms. The van der Waals surface area contributed by atoms with Crippen molar-refractivity contribution in [1.82, 2.24) is 10.3 Å². The lowest BCUT2D eigenvalue weighted by Gasteiger charge is -2.39. The molecule has 4 N–H and O–H groups in total. The summed E-state index contributed by atoms with van der Waals surface area (Å²) < 4.78 is 0. The van der Waals surface area contributed by atoms with E-state index in [-0.39, 0.29) is 17.4 Å². The van der Waals surface area contributed by atoms with Crippen LogP contribution in [0, 0.1) is 5.41 Å². The van der Waals surface area contributed by atoms with Gasteiger partial charge < -0.3 is 10.7 Å². The number of carbonyl (C=O) groups is 1. The van der Waals surface area contributed by atoms with Gasteiger partial charge in [0.25, 0.3) is 5.91 Å². The second-order valence-corrected chi connectivity index (χ2v) is 6.37. The van der Waals surface area contributed by atoms with Gasteiger partial charge in [0, 0.05) is 12.2 Å². The van der Waals surface area contributed by atoms with Crippen LogP contribution in [0.3, 0.4) is 0 Å². The van der Waals surface area contributed by atoms with Gasteiger partial charge in [-0.25, -0.2) is 10.8 Å². The molecule has 1 aliphatic carbocycles. The van der Waals surface area contributed by atoms with Crippen LogP contribution in [0.25, 0.3) is 0 Å². The van der Waals surface area contributed by atoms with Gasteiger partial charge in [-0.1, -0.05) is 38.3 Å². The van der Waals surface area contributed by atoms with Crippen molar-refractivity contribution in [3.8, 4) is 0 Å². The second kappa shape index (κ2) is 5.97. The van der Waals surface area contributed by atoms with E-state index in [1.165, 1.54) is 12.6 Å². The number of aromatic nitrogens is 1. The highest BCUT2D eigenvalue weighted by atomic mass is 35.5. The molecule has 5 nitrogen and oxygen atoms in total. The zero-order chi connectivity index (χ0) is 14.8. The summed E-state index contributed by atoms with van der Waals surface area (Å²) in [6, 6.07) is 1.77. The highest BCUT2D eigenvalue weighted by Gasteiger charge is 2.33. The predicted molar refractivity (Wildman–Crippen MR) is 80.6 cm³/mol. The maximum Gasteiger partial charge on any atom is 0.253 e. The third-order valence-corrected chi connectivity index (χ3v) is 4.34. The summed E-state index contributed by atoms with van der Waals surface area (Å²) in [5.41, 5.74) is 2.96. The molecule has 1 heterocycles. The van der Waals surface area contributed by atoms with Crippen LogP contribution in [0.15, 0.2) is 12.3 Å². The molecule has 110 valence electrons. The number of pyridine rings is 1. The number of hydrogen-bond donors (Lipinski definition) is 3. The van der Waals surface area contributed by atoms with Crippen LogP contribution in [0.4, 0.5) is 5.82 Å². The van der Waals surface area contributed by atoms with E-state index < -0.39 is 0 Å². The Bertz CT molecular complexity index is 504. The van der Waals surface area contributed by atoms with Gasteiger partial charge in [0.15, 0.2) is 5.82 Å². The number of hydrogen-bond acceptors (Lipinski definition) is 4. The molecule has 6 heteroatoms. The number of amides is 1. The summed E-state index contributed by atoms with van der Waals surface area (Å²) in [7, 11) is 0. The molecule has 1 atom stereocenters. The molecule has 0 aromatic carbocycles. The Morgan fingerprint density at radius 3 is 2.85 bits per heavy atom. The predicted octanol–water partition coefficient (Wildman–Crippen LogP) is 2.72. The van der Waals surface area contributed by atoms with Crippen molar-refractivity contribution in [2.24, 2.45) is 11.3 Å². The zero-order valence-corrected chi connectivity index (χ0v) is 12.6. The topological polar surface area (TPSA) is 80.0 Å². The average molecular weight is 297 g/mol. The van der Waals surface area contributed by atoms with Gasteiger partial charge in [-0.05, 0) is 24.3 Å². The third-order valence-electron chi connectivity index (χ3n) is 4.05. The largest absolute Gasteiger partial charge is 0.349 e. The minimum Gasteiger partial charge on any atom is -0.349 e. The Hall–Kier alpha value is -1.33. The van der Waals surface area contributed by atoms with Crippen LogP contribution in [0.2, 0.25) is 5.02 Å². The highest BCUT2D eigenvalue weighted by molar-refractivity contribution is 6.33. The molecule has 1 aromatic heterocycles. The normalized spacial score (nSPS) is 21.3. The van der Waals surface area contributed by atoms with Crippen LogP contribution in [-0.2, 0) is 0 Å². The van der Waals surface area contributed by atoms with Crippen LogP contribution in [0.1, 0.15) is 49.9 Å². The molecule has 1 unspecified atom stereocenters. The van der Waals surface area contributed by atoms with Gasteiger partial charge in [-0.15, -0.1) is 0 Å². The lowest BCUT2D eigenvalue weighted by molar-refractivity contribution is 0.0853. The molecule has 1 fully saturated rings. The smallest absolute Gasteiger partial charge is 0.253 e. The van der Waals surface area contributed by atoms with Gasteiger partial charge in [-0.3, -0.25) is 4.79 Å². The SMILES string of the molecule is CC1(C)CCCCC1NC(=O)c1cnc(NN)c(Cl)c1. The quantitative estimate of drug-likeness (QED) is 0.592. The van der Waals surface area contributed by atoms with Gasteiger partial charge in [0.2, 0.25) is 0 Å². The molecule has 0 spiro atoms. The molecule has 0 radical (unpaired) electrons. The first-order chi connectivity index (χ1) is 9.44. The zero-order valence-electron chi connectivity index (χ0n) is 11.9. The van der Waals surface area contributed by atoms with Crippen molar-refractivity contribution in [3.63, 3.8) is 0 Å². The van der Waals surface area contributed by atoms with Gasteiger partial charge >= 0.3 is 0 Å². The first-order valence-electron chi connectivity index (χ1n) is 6.87. The summed E-state index contributed by atoms with van der Waals surface area (Å²) in [6.45, 7) is 4.40. The lowest BCUT2D eigenvalue weighted by Crippen LogP contribution is -2.46. The Balaban J connectivity index is 2.10. The second-order valence-electron chi connectivity index (χ2n) is 5.96. The maximum absolute atomic E-state index is 12.3. The van der Waals surface area contributed by atoms with Crippen molar-refractivity contribution in [1.29, 1.82) is 0 Å². The van der Waals surface area contributed by atoms with E-state index in [1.54, 1.807) is 6.07 Å². The van der Waals surface area contributed by atoms with Crippen molar-refractivity contribution in [2.45, 2.75) is 45.6 Å². The number of nitrogens with one attached hydrogen (secondary N) is 2. The highest BCUT2D eigenvalue weighted by Crippen LogP contribution is 2.35. The summed E-state index contributed by atoms with van der Waals surface area (Å²) >= 11 is 5.99. The molecule has 1 saturated carbocycles. The van der Waals surface area contributed by atoms with Crippen molar-refractivity contribution in [2.75, 3.05) is 5.43 Å². The van der Waals surface area contributed by atoms with E-state index in [4.69, 9.17) is 17.4 Å². The summed E-state index contributed by atoms with van der Waals surface area (Å²) in [6.07, 6.45) is 6.01. The van der Waals surface area contributed by atoms with E-state index in [1.807, 2.05) is 0 Å². The number of rotatable bonds is 3. The molecule has 20 heavy (non-hydrogen) atoms. The number of nitrogens with zero attached hydrogens (tertiary/aromatic N) is 1. The Kier molecular flexibility index (Phi) is 4.50. The number of hydrazine groups is 1. The number of anilines is 1. The standard InChI is InChI=1S/C14H21ClN4O/c1-14(2)6-4-3-5-11(14)18-13(20)9-7-10(15)12(19-16)17-8-9/h7-8,11H,3-6,16H2,1-2H3,(H,17,19)(H,18,20). The molecule has 2 rings (SSSR count). The molecular weight excluding hydrogens is 276 g/mol. The Morgan fingerprint density at radius 1 is 1.50 bits per heavy atom. The van der Waals surface area contributed by atoms with E-state index in [9.17, 15) is 4.79 Å². The first kappa shape index (κ1) is 15.1. The monoisotopic (exact) mass is 296 g/mol.